The maximum Gasteiger partial charge on any atom is 0.264 e. The smallest absolute Gasteiger partial charge is 0.264 e. The van der Waals surface area contributed by atoms with Gasteiger partial charge in [-0.1, -0.05) is 129 Å². The molecule has 0 bridgehead atoms. The molecule has 10 rings (SSSR count). The molecule has 5 heteroatoms. The van der Waals surface area contributed by atoms with Gasteiger partial charge in [-0.25, -0.2) is 0 Å². The second kappa shape index (κ2) is 14.0. The Balaban J connectivity index is 1.37. The lowest BCUT2D eigenvalue weighted by molar-refractivity contribution is 0.589. The summed E-state index contributed by atoms with van der Waals surface area (Å²) >= 11 is 3.84. The Morgan fingerprint density at radius 1 is 0.484 bits per heavy atom. The van der Waals surface area contributed by atoms with E-state index in [1.165, 1.54) is 126 Å². The molecular formula is C57H59BN2S2. The van der Waals surface area contributed by atoms with E-state index in [1.807, 2.05) is 22.7 Å². The van der Waals surface area contributed by atoms with Gasteiger partial charge in [-0.05, 0) is 148 Å². The number of aryl methyl sites for hydroxylation is 5. The largest absolute Gasteiger partial charge is 0.311 e. The Morgan fingerprint density at radius 3 is 1.71 bits per heavy atom. The molecule has 0 aliphatic carbocycles. The molecule has 6 aromatic carbocycles. The third-order valence-corrected chi connectivity index (χ3v) is 15.8. The number of fused-ring (bicyclic) bond motifs is 7. The molecule has 0 spiro atoms. The molecule has 0 saturated heterocycles. The normalized spacial score (nSPS) is 13.9. The Hall–Kier alpha value is -5.10. The van der Waals surface area contributed by atoms with Crippen molar-refractivity contribution in [3.8, 4) is 11.1 Å². The highest BCUT2D eigenvalue weighted by molar-refractivity contribution is 7.33. The number of nitrogens with zero attached hydrogens (tertiary/aromatic N) is 2. The van der Waals surface area contributed by atoms with Crippen LogP contribution in [-0.2, 0) is 16.2 Å². The van der Waals surface area contributed by atoms with Gasteiger partial charge in [0.25, 0.3) is 6.71 Å². The van der Waals surface area contributed by atoms with Crippen molar-refractivity contribution >= 4 is 99.4 Å². The molecule has 2 aliphatic rings. The van der Waals surface area contributed by atoms with E-state index in [2.05, 4.69) is 209 Å². The second-order valence-corrected chi connectivity index (χ2v) is 23.4. The highest BCUT2D eigenvalue weighted by Crippen LogP contribution is 2.52. The summed E-state index contributed by atoms with van der Waals surface area (Å²) in [6.45, 7) is 32.8. The van der Waals surface area contributed by atoms with Crippen molar-refractivity contribution in [2.45, 2.75) is 113 Å². The fourth-order valence-corrected chi connectivity index (χ4v) is 12.8. The molecule has 0 atom stereocenters. The van der Waals surface area contributed by atoms with Gasteiger partial charge in [0.1, 0.15) is 0 Å². The molecule has 0 radical (unpaired) electrons. The fourth-order valence-electron chi connectivity index (χ4n) is 10.5. The molecule has 0 fully saturated rings. The fraction of sp³-hybridized carbons (Fsp3) is 0.298. The van der Waals surface area contributed by atoms with Crippen LogP contribution in [0.2, 0.25) is 0 Å². The van der Waals surface area contributed by atoms with E-state index >= 15 is 0 Å². The number of anilines is 6. The van der Waals surface area contributed by atoms with Crippen LogP contribution < -0.4 is 25.5 Å². The van der Waals surface area contributed by atoms with Gasteiger partial charge in [0, 0.05) is 47.6 Å². The molecule has 2 nitrogen and oxygen atoms in total. The first-order valence-electron chi connectivity index (χ1n) is 22.4. The van der Waals surface area contributed by atoms with E-state index in [1.54, 1.807) is 0 Å². The maximum absolute atomic E-state index is 2.70. The summed E-state index contributed by atoms with van der Waals surface area (Å²) in [5.41, 5.74) is 23.6. The lowest BCUT2D eigenvalue weighted by atomic mass is 9.36. The maximum atomic E-state index is 2.70. The number of hydrogen-bond acceptors (Lipinski definition) is 4. The van der Waals surface area contributed by atoms with Gasteiger partial charge in [0.2, 0.25) is 0 Å². The van der Waals surface area contributed by atoms with Crippen molar-refractivity contribution in [1.82, 2.24) is 0 Å². The topological polar surface area (TPSA) is 6.48 Å². The van der Waals surface area contributed by atoms with Gasteiger partial charge in [-0.2, -0.15) is 0 Å². The summed E-state index contributed by atoms with van der Waals surface area (Å²) in [6.07, 6.45) is 0. The Bertz CT molecular complexity index is 3110. The van der Waals surface area contributed by atoms with Crippen LogP contribution in [0, 0.1) is 34.6 Å². The molecule has 0 amide bonds. The van der Waals surface area contributed by atoms with Crippen molar-refractivity contribution in [1.29, 1.82) is 0 Å². The lowest BCUT2D eigenvalue weighted by Gasteiger charge is -2.45. The third kappa shape index (κ3) is 6.32. The predicted molar refractivity (Wildman–Crippen MR) is 276 cm³/mol. The SMILES string of the molecule is Cc1cc(C)c(N2c3cc(C(C)(C)C)cc4c3B(c3ccc(-c5csc6ccccc56)cc3N4c3c(C)cc(C(C)(C)C)cc3C)c3sc4ccc(C(C)(C)C)cc4c32)c(C)c1. The minimum atomic E-state index is -0.107. The highest BCUT2D eigenvalue weighted by atomic mass is 32.1. The second-order valence-electron chi connectivity index (χ2n) is 21.4. The van der Waals surface area contributed by atoms with Gasteiger partial charge in [-0.15, -0.1) is 22.7 Å². The predicted octanol–water partition coefficient (Wildman–Crippen LogP) is 15.3. The van der Waals surface area contributed by atoms with Gasteiger partial charge < -0.3 is 9.80 Å². The van der Waals surface area contributed by atoms with Crippen molar-refractivity contribution in [2.75, 3.05) is 9.80 Å². The molecule has 0 N–H and O–H groups in total. The summed E-state index contributed by atoms with van der Waals surface area (Å²) < 4.78 is 4.09. The van der Waals surface area contributed by atoms with Gasteiger partial charge >= 0.3 is 0 Å². The van der Waals surface area contributed by atoms with Crippen molar-refractivity contribution in [2.24, 2.45) is 0 Å². The van der Waals surface area contributed by atoms with Crippen LogP contribution in [0.25, 0.3) is 31.3 Å². The molecule has 312 valence electrons. The monoisotopic (exact) mass is 846 g/mol. The van der Waals surface area contributed by atoms with Crippen LogP contribution in [0.3, 0.4) is 0 Å². The van der Waals surface area contributed by atoms with Crippen LogP contribution in [0.5, 0.6) is 0 Å². The van der Waals surface area contributed by atoms with Gasteiger partial charge in [0.15, 0.2) is 0 Å². The third-order valence-electron chi connectivity index (χ3n) is 13.6. The van der Waals surface area contributed by atoms with E-state index in [9.17, 15) is 0 Å². The Labute approximate surface area is 378 Å². The van der Waals surface area contributed by atoms with Crippen LogP contribution >= 0.6 is 22.7 Å². The Morgan fingerprint density at radius 2 is 1.06 bits per heavy atom. The first kappa shape index (κ1) is 40.9. The number of rotatable bonds is 3. The molecule has 0 unspecified atom stereocenters. The lowest BCUT2D eigenvalue weighted by Crippen LogP contribution is -2.60. The average molecular weight is 847 g/mol. The zero-order chi connectivity index (χ0) is 43.9. The highest BCUT2D eigenvalue weighted by Gasteiger charge is 2.47. The number of thiophene rings is 2. The molecular weight excluding hydrogens is 788 g/mol. The first-order chi connectivity index (χ1) is 29.2. The van der Waals surface area contributed by atoms with E-state index < -0.39 is 0 Å². The van der Waals surface area contributed by atoms with E-state index in [4.69, 9.17) is 0 Å². The van der Waals surface area contributed by atoms with Crippen LogP contribution in [-0.4, -0.2) is 6.71 Å². The average Bonchev–Trinajstić information content (AvgIpc) is 3.79. The number of hydrogen-bond donors (Lipinski definition) is 0. The summed E-state index contributed by atoms with van der Waals surface area (Å²) in [7, 11) is 0. The summed E-state index contributed by atoms with van der Waals surface area (Å²) in [4.78, 5) is 5.38. The summed E-state index contributed by atoms with van der Waals surface area (Å²) in [5, 5.41) is 5.03. The van der Waals surface area contributed by atoms with Crippen molar-refractivity contribution in [3.63, 3.8) is 0 Å². The minimum absolute atomic E-state index is 0.0150. The quantitative estimate of drug-likeness (QED) is 0.163. The van der Waals surface area contributed by atoms with Gasteiger partial charge in [0.05, 0.1) is 17.1 Å². The van der Waals surface area contributed by atoms with E-state index in [0.717, 1.165) is 0 Å². The van der Waals surface area contributed by atoms with Crippen molar-refractivity contribution < 1.29 is 0 Å². The minimum Gasteiger partial charge on any atom is -0.311 e. The van der Waals surface area contributed by atoms with Crippen LogP contribution in [0.1, 0.15) is 107 Å². The van der Waals surface area contributed by atoms with E-state index in [0.29, 0.717) is 0 Å². The zero-order valence-corrected chi connectivity index (χ0v) is 40.7. The van der Waals surface area contributed by atoms with E-state index in [-0.39, 0.29) is 23.0 Å². The summed E-state index contributed by atoms with van der Waals surface area (Å²) in [5.74, 6) is 0. The van der Waals surface area contributed by atoms with Crippen LogP contribution in [0.4, 0.5) is 34.1 Å². The molecule has 2 aliphatic heterocycles. The van der Waals surface area contributed by atoms with Crippen LogP contribution in [0.15, 0.2) is 102 Å². The van der Waals surface area contributed by atoms with Gasteiger partial charge in [-0.3, -0.25) is 0 Å². The van der Waals surface area contributed by atoms with Crippen molar-refractivity contribution in [3.05, 3.63) is 147 Å². The molecule has 62 heavy (non-hydrogen) atoms. The molecule has 4 heterocycles. The summed E-state index contributed by atoms with van der Waals surface area (Å²) in [6, 6.07) is 38.4. The Kier molecular flexibility index (Phi) is 9.21. The zero-order valence-electron chi connectivity index (χ0n) is 39.1. The molecule has 2 aromatic heterocycles. The molecule has 0 saturated carbocycles. The standard InChI is InChI=1S/C57H59BN2S2/c1-32-23-33(2)52(34(3)24-32)60-47-30-40(57(12,13)14)29-46-50(47)58(54-53(60)42-28-38(55(6,7)8)20-22-49(42)62-54)44-21-19-37(43-31-61-48-18-16-15-17-41(43)48)27-45(44)59(46)51-35(4)25-39(26-36(51)5)56(9,10)11/h15-31H,1-14H3. The first-order valence-corrected chi connectivity index (χ1v) is 24.1. The number of benzene rings is 6. The molecule has 8 aromatic rings.